The molecule has 0 fully saturated rings. The van der Waals surface area contributed by atoms with Crippen LogP contribution in [0, 0.1) is 0 Å². The molecule has 0 atom stereocenters. The smallest absolute Gasteiger partial charge is 0.290 e. The minimum atomic E-state index is 0.422. The standard InChI is InChI=1S/C12H11NO2S/c1-2-12(16)15-11-6-10(8-14-11)9-4-3-5-13-7-9/h3-8H,2H2,1H3. The number of furan rings is 1. The van der Waals surface area contributed by atoms with Crippen molar-refractivity contribution >= 4 is 17.3 Å². The van der Waals surface area contributed by atoms with E-state index < -0.39 is 0 Å². The fraction of sp³-hybridized carbons (Fsp3) is 0.167. The molecule has 0 N–H and O–H groups in total. The van der Waals surface area contributed by atoms with E-state index >= 15 is 0 Å². The van der Waals surface area contributed by atoms with Gasteiger partial charge in [-0.15, -0.1) is 0 Å². The number of thiocarbonyl (C=S) groups is 1. The molecule has 0 saturated heterocycles. The molecule has 0 saturated carbocycles. The first kappa shape index (κ1) is 10.8. The largest absolute Gasteiger partial charge is 0.433 e. The molecule has 0 aliphatic rings. The van der Waals surface area contributed by atoms with E-state index in [1.54, 1.807) is 24.7 Å². The van der Waals surface area contributed by atoms with Crippen LogP contribution in [0.25, 0.3) is 11.1 Å². The van der Waals surface area contributed by atoms with Crippen molar-refractivity contribution in [3.63, 3.8) is 0 Å². The monoisotopic (exact) mass is 233 g/mol. The van der Waals surface area contributed by atoms with E-state index in [4.69, 9.17) is 21.4 Å². The molecule has 2 aromatic heterocycles. The summed E-state index contributed by atoms with van der Waals surface area (Å²) >= 11 is 4.97. The molecule has 0 unspecified atom stereocenters. The second kappa shape index (κ2) is 4.90. The molecule has 0 radical (unpaired) electrons. The van der Waals surface area contributed by atoms with E-state index in [0.29, 0.717) is 17.4 Å². The maximum atomic E-state index is 5.31. The van der Waals surface area contributed by atoms with Gasteiger partial charge in [0.15, 0.2) is 5.05 Å². The highest BCUT2D eigenvalue weighted by molar-refractivity contribution is 7.80. The third-order valence-corrected chi connectivity index (χ3v) is 2.45. The summed E-state index contributed by atoms with van der Waals surface area (Å²) in [6, 6.07) is 5.64. The molecule has 0 spiro atoms. The molecule has 2 aromatic rings. The van der Waals surface area contributed by atoms with Gasteiger partial charge in [-0.1, -0.05) is 13.0 Å². The van der Waals surface area contributed by atoms with Crippen molar-refractivity contribution < 1.29 is 9.15 Å². The molecular formula is C12H11NO2S. The zero-order valence-corrected chi connectivity index (χ0v) is 9.66. The van der Waals surface area contributed by atoms with Gasteiger partial charge < -0.3 is 9.15 Å². The summed E-state index contributed by atoms with van der Waals surface area (Å²) in [4.78, 5) is 4.04. The van der Waals surface area contributed by atoms with Crippen molar-refractivity contribution in [3.8, 4) is 17.1 Å². The Kier molecular flexibility index (Phi) is 3.31. The molecule has 3 nitrogen and oxygen atoms in total. The molecule has 0 aromatic carbocycles. The van der Waals surface area contributed by atoms with Gasteiger partial charge >= 0.3 is 0 Å². The van der Waals surface area contributed by atoms with Gasteiger partial charge in [0, 0.05) is 36.0 Å². The lowest BCUT2D eigenvalue weighted by molar-refractivity contribution is 0.383. The molecule has 16 heavy (non-hydrogen) atoms. The second-order valence-corrected chi connectivity index (χ2v) is 3.68. The van der Waals surface area contributed by atoms with Gasteiger partial charge in [-0.25, -0.2) is 0 Å². The predicted molar refractivity (Wildman–Crippen MR) is 65.5 cm³/mol. The van der Waals surface area contributed by atoms with Crippen LogP contribution in [0.3, 0.4) is 0 Å². The van der Waals surface area contributed by atoms with Gasteiger partial charge in [-0.2, -0.15) is 0 Å². The lowest BCUT2D eigenvalue weighted by atomic mass is 10.2. The highest BCUT2D eigenvalue weighted by Gasteiger charge is 2.06. The van der Waals surface area contributed by atoms with Gasteiger partial charge in [0.1, 0.15) is 6.26 Å². The summed E-state index contributed by atoms with van der Waals surface area (Å²) in [6.07, 6.45) is 5.82. The van der Waals surface area contributed by atoms with Gasteiger partial charge in [0.2, 0.25) is 0 Å². The molecule has 82 valence electrons. The summed E-state index contributed by atoms with van der Waals surface area (Å²) in [7, 11) is 0. The van der Waals surface area contributed by atoms with Crippen molar-refractivity contribution in [1.29, 1.82) is 0 Å². The Balaban J connectivity index is 2.17. The van der Waals surface area contributed by atoms with E-state index in [0.717, 1.165) is 11.1 Å². The summed E-state index contributed by atoms with van der Waals surface area (Å²) < 4.78 is 10.6. The van der Waals surface area contributed by atoms with Crippen molar-refractivity contribution in [2.24, 2.45) is 0 Å². The van der Waals surface area contributed by atoms with E-state index in [1.165, 1.54) is 0 Å². The number of rotatable bonds is 3. The number of ether oxygens (including phenoxy) is 1. The molecular weight excluding hydrogens is 222 g/mol. The van der Waals surface area contributed by atoms with E-state index in [2.05, 4.69) is 4.98 Å². The number of hydrogen-bond acceptors (Lipinski definition) is 4. The summed E-state index contributed by atoms with van der Waals surface area (Å²) in [5.74, 6) is 0.422. The average Bonchev–Trinajstić information content (AvgIpc) is 2.78. The van der Waals surface area contributed by atoms with Crippen molar-refractivity contribution in [2.45, 2.75) is 13.3 Å². The number of pyridine rings is 1. The van der Waals surface area contributed by atoms with E-state index in [1.807, 2.05) is 19.1 Å². The lowest BCUT2D eigenvalue weighted by Gasteiger charge is -1.98. The molecule has 2 rings (SSSR count). The Morgan fingerprint density at radius 3 is 3.06 bits per heavy atom. The Labute approximate surface area is 99.1 Å². The van der Waals surface area contributed by atoms with Crippen molar-refractivity contribution in [3.05, 3.63) is 36.9 Å². The number of aromatic nitrogens is 1. The first-order valence-corrected chi connectivity index (χ1v) is 5.40. The Morgan fingerprint density at radius 1 is 1.50 bits per heavy atom. The normalized spacial score (nSPS) is 10.1. The molecule has 0 aliphatic heterocycles. The Morgan fingerprint density at radius 2 is 2.38 bits per heavy atom. The van der Waals surface area contributed by atoms with Crippen LogP contribution in [0.4, 0.5) is 0 Å². The highest BCUT2D eigenvalue weighted by Crippen LogP contribution is 2.25. The Bertz CT molecular complexity index is 479. The zero-order chi connectivity index (χ0) is 11.4. The van der Waals surface area contributed by atoms with Crippen molar-refractivity contribution in [1.82, 2.24) is 4.98 Å². The topological polar surface area (TPSA) is 35.3 Å². The van der Waals surface area contributed by atoms with Gasteiger partial charge in [0.05, 0.1) is 0 Å². The average molecular weight is 233 g/mol. The zero-order valence-electron chi connectivity index (χ0n) is 8.84. The second-order valence-electron chi connectivity index (χ2n) is 3.22. The minimum Gasteiger partial charge on any atom is -0.433 e. The van der Waals surface area contributed by atoms with Gasteiger partial charge in [-0.05, 0) is 18.3 Å². The van der Waals surface area contributed by atoms with E-state index in [-0.39, 0.29) is 0 Å². The first-order chi connectivity index (χ1) is 7.79. The number of nitrogens with zero attached hydrogens (tertiary/aromatic N) is 1. The highest BCUT2D eigenvalue weighted by atomic mass is 32.1. The molecule has 0 aliphatic carbocycles. The SMILES string of the molecule is CCC(=S)Oc1cc(-c2cccnc2)co1. The lowest BCUT2D eigenvalue weighted by Crippen LogP contribution is -2.01. The van der Waals surface area contributed by atoms with Crippen LogP contribution >= 0.6 is 12.2 Å². The van der Waals surface area contributed by atoms with E-state index in [9.17, 15) is 0 Å². The molecule has 4 heteroatoms. The molecule has 0 amide bonds. The van der Waals surface area contributed by atoms with Gasteiger partial charge in [-0.3, -0.25) is 4.98 Å². The summed E-state index contributed by atoms with van der Waals surface area (Å²) in [6.45, 7) is 1.94. The van der Waals surface area contributed by atoms with Crippen LogP contribution in [0.1, 0.15) is 13.3 Å². The van der Waals surface area contributed by atoms with Crippen LogP contribution in [0.2, 0.25) is 0 Å². The minimum absolute atomic E-state index is 0.422. The fourth-order valence-electron chi connectivity index (χ4n) is 1.24. The van der Waals surface area contributed by atoms with Gasteiger partial charge in [0.25, 0.3) is 5.95 Å². The molecule has 0 bridgehead atoms. The van der Waals surface area contributed by atoms with Crippen LogP contribution < -0.4 is 4.74 Å². The van der Waals surface area contributed by atoms with Crippen LogP contribution in [0.5, 0.6) is 5.95 Å². The van der Waals surface area contributed by atoms with Crippen molar-refractivity contribution in [2.75, 3.05) is 0 Å². The quantitative estimate of drug-likeness (QED) is 0.760. The summed E-state index contributed by atoms with van der Waals surface area (Å²) in [5, 5.41) is 0.520. The fourth-order valence-corrected chi connectivity index (χ4v) is 1.32. The maximum Gasteiger partial charge on any atom is 0.290 e. The first-order valence-electron chi connectivity index (χ1n) is 4.99. The maximum absolute atomic E-state index is 5.31. The third-order valence-electron chi connectivity index (χ3n) is 2.07. The summed E-state index contributed by atoms with van der Waals surface area (Å²) in [5.41, 5.74) is 1.92. The number of hydrogen-bond donors (Lipinski definition) is 0. The van der Waals surface area contributed by atoms with Crippen LogP contribution in [0.15, 0.2) is 41.3 Å². The third kappa shape index (κ3) is 2.46. The van der Waals surface area contributed by atoms with Crippen LogP contribution in [-0.2, 0) is 0 Å². The Hall–Kier alpha value is -1.68. The predicted octanol–water partition coefficient (Wildman–Crippen LogP) is 3.46. The van der Waals surface area contributed by atoms with Crippen LogP contribution in [-0.4, -0.2) is 10.0 Å². The molecule has 2 heterocycles.